The molecule has 2 rings (SSSR count). The Morgan fingerprint density at radius 2 is 2.29 bits per heavy atom. The van der Waals surface area contributed by atoms with Gasteiger partial charge >= 0.3 is 0 Å². The number of nitrogens with zero attached hydrogens (tertiary/aromatic N) is 2. The highest BCUT2D eigenvalue weighted by Crippen LogP contribution is 2.19. The van der Waals surface area contributed by atoms with Crippen LogP contribution in [0.25, 0.3) is 0 Å². The number of aromatic nitrogens is 1. The maximum absolute atomic E-state index is 11.9. The lowest BCUT2D eigenvalue weighted by Crippen LogP contribution is -2.35. The molecule has 1 aromatic heterocycles. The van der Waals surface area contributed by atoms with E-state index < -0.39 is 21.0 Å². The summed E-state index contributed by atoms with van der Waals surface area (Å²) in [4.78, 5) is 15.8. The summed E-state index contributed by atoms with van der Waals surface area (Å²) in [6, 6.07) is 2.91. The topological polar surface area (TPSA) is 135 Å². The van der Waals surface area contributed by atoms with Gasteiger partial charge in [-0.25, -0.2) is 8.42 Å². The number of hydrogen-bond acceptors (Lipinski definition) is 6. The zero-order valence-corrected chi connectivity index (χ0v) is 12.0. The van der Waals surface area contributed by atoms with E-state index in [4.69, 9.17) is 10.9 Å². The molecule has 2 heterocycles. The van der Waals surface area contributed by atoms with E-state index in [0.717, 1.165) is 0 Å². The van der Waals surface area contributed by atoms with Crippen molar-refractivity contribution in [2.75, 3.05) is 12.3 Å². The van der Waals surface area contributed by atoms with Gasteiger partial charge in [-0.3, -0.25) is 9.78 Å². The number of carbonyl (C=O) groups excluding carboxylic acids is 1. The van der Waals surface area contributed by atoms with Gasteiger partial charge in [-0.15, -0.1) is 0 Å². The zero-order valence-electron chi connectivity index (χ0n) is 11.2. The first-order valence-corrected chi connectivity index (χ1v) is 8.09. The van der Waals surface area contributed by atoms with Gasteiger partial charge in [0.05, 0.1) is 11.0 Å². The van der Waals surface area contributed by atoms with Crippen LogP contribution in [-0.4, -0.2) is 47.9 Å². The van der Waals surface area contributed by atoms with Gasteiger partial charge in [0.15, 0.2) is 15.7 Å². The van der Waals surface area contributed by atoms with E-state index in [1.165, 1.54) is 18.3 Å². The monoisotopic (exact) mass is 312 g/mol. The van der Waals surface area contributed by atoms with Crippen LogP contribution in [0.3, 0.4) is 0 Å². The molecule has 0 saturated carbocycles. The molecule has 114 valence electrons. The van der Waals surface area contributed by atoms with Gasteiger partial charge in [-0.05, 0) is 25.0 Å². The lowest BCUT2D eigenvalue weighted by atomic mass is 10.2. The molecular weight excluding hydrogens is 296 g/mol. The van der Waals surface area contributed by atoms with Crippen LogP contribution in [0, 0.1) is 0 Å². The maximum atomic E-state index is 11.9. The van der Waals surface area contributed by atoms with Crippen molar-refractivity contribution in [1.82, 2.24) is 10.3 Å². The fraction of sp³-hybridized carbons (Fsp3) is 0.417. The molecule has 21 heavy (non-hydrogen) atoms. The molecule has 0 radical (unpaired) electrons. The molecule has 1 amide bonds. The van der Waals surface area contributed by atoms with Crippen molar-refractivity contribution in [1.29, 1.82) is 0 Å². The van der Waals surface area contributed by atoms with Crippen molar-refractivity contribution < 1.29 is 18.4 Å². The summed E-state index contributed by atoms with van der Waals surface area (Å²) in [6.07, 6.45) is 2.50. The first-order valence-electron chi connectivity index (χ1n) is 6.38. The predicted octanol–water partition coefficient (Wildman–Crippen LogP) is -0.517. The van der Waals surface area contributed by atoms with Crippen molar-refractivity contribution in [2.24, 2.45) is 10.9 Å². The number of rotatable bonds is 4. The Bertz CT molecular complexity index is 654. The number of pyridine rings is 1. The molecular formula is C12H16N4O4S. The number of sulfone groups is 1. The van der Waals surface area contributed by atoms with Gasteiger partial charge in [-0.1, -0.05) is 5.16 Å². The Kier molecular flexibility index (Phi) is 4.41. The van der Waals surface area contributed by atoms with Crippen LogP contribution in [0.4, 0.5) is 0 Å². The number of amidine groups is 1. The van der Waals surface area contributed by atoms with E-state index in [-0.39, 0.29) is 23.8 Å². The molecule has 0 bridgehead atoms. The molecule has 1 saturated heterocycles. The summed E-state index contributed by atoms with van der Waals surface area (Å²) in [5, 5.41) is 13.4. The van der Waals surface area contributed by atoms with Crippen LogP contribution in [0.1, 0.15) is 28.9 Å². The van der Waals surface area contributed by atoms with Crippen LogP contribution in [0.2, 0.25) is 0 Å². The van der Waals surface area contributed by atoms with Crippen LogP contribution in [-0.2, 0) is 9.84 Å². The van der Waals surface area contributed by atoms with Crippen LogP contribution >= 0.6 is 0 Å². The van der Waals surface area contributed by atoms with E-state index in [2.05, 4.69) is 15.5 Å². The third-order valence-corrected chi connectivity index (χ3v) is 5.63. The number of carbonyl (C=O) groups is 1. The van der Waals surface area contributed by atoms with Crippen LogP contribution < -0.4 is 11.1 Å². The minimum atomic E-state index is -3.08. The maximum Gasteiger partial charge on any atom is 0.269 e. The Labute approximate surface area is 122 Å². The summed E-state index contributed by atoms with van der Waals surface area (Å²) in [5.74, 6) is -0.380. The molecule has 1 aromatic rings. The Balaban J connectivity index is 1.98. The number of oxime groups is 1. The van der Waals surface area contributed by atoms with Crippen LogP contribution in [0.5, 0.6) is 0 Å². The van der Waals surface area contributed by atoms with E-state index in [0.29, 0.717) is 18.4 Å². The summed E-state index contributed by atoms with van der Waals surface area (Å²) in [6.45, 7) is 0.0881. The summed E-state index contributed by atoms with van der Waals surface area (Å²) in [7, 11) is -3.08. The third-order valence-electron chi connectivity index (χ3n) is 3.35. The lowest BCUT2D eigenvalue weighted by molar-refractivity contribution is 0.0948. The summed E-state index contributed by atoms with van der Waals surface area (Å²) in [5.41, 5.74) is 5.91. The molecule has 1 aliphatic heterocycles. The quantitative estimate of drug-likeness (QED) is 0.296. The van der Waals surface area contributed by atoms with Gasteiger partial charge in [0.25, 0.3) is 5.91 Å². The fourth-order valence-electron chi connectivity index (χ4n) is 2.12. The molecule has 1 aliphatic rings. The molecule has 8 nitrogen and oxygen atoms in total. The molecule has 0 spiro atoms. The second-order valence-corrected chi connectivity index (χ2v) is 7.16. The standard InChI is InChI=1S/C12H16N4O4S/c13-11(16-18)8-3-4-10(14-6-8)12(17)15-7-9-2-1-5-21(9,19)20/h3-4,6,9,18H,1-2,5,7H2,(H2,13,16)(H,15,17). The Morgan fingerprint density at radius 1 is 1.52 bits per heavy atom. The van der Waals surface area contributed by atoms with Crippen molar-refractivity contribution in [3.05, 3.63) is 29.6 Å². The van der Waals surface area contributed by atoms with Crippen molar-refractivity contribution in [3.63, 3.8) is 0 Å². The second kappa shape index (κ2) is 6.08. The average Bonchev–Trinajstić information content (AvgIpc) is 2.82. The van der Waals surface area contributed by atoms with Crippen molar-refractivity contribution in [2.45, 2.75) is 18.1 Å². The van der Waals surface area contributed by atoms with Gasteiger partial charge in [0.2, 0.25) is 0 Å². The number of nitrogens with two attached hydrogens (primary N) is 1. The van der Waals surface area contributed by atoms with E-state index in [1.807, 2.05) is 0 Å². The Hall–Kier alpha value is -2.16. The molecule has 1 fully saturated rings. The average molecular weight is 312 g/mol. The molecule has 9 heteroatoms. The number of amides is 1. The zero-order chi connectivity index (χ0) is 15.5. The van der Waals surface area contributed by atoms with Gasteiger partial charge in [0.1, 0.15) is 5.69 Å². The smallest absolute Gasteiger partial charge is 0.269 e. The number of hydrogen-bond donors (Lipinski definition) is 3. The highest BCUT2D eigenvalue weighted by Gasteiger charge is 2.31. The molecule has 1 atom stereocenters. The lowest BCUT2D eigenvalue weighted by Gasteiger charge is -2.10. The largest absolute Gasteiger partial charge is 0.409 e. The SMILES string of the molecule is N/C(=N/O)c1ccc(C(=O)NCC2CCCS2(=O)=O)nc1. The first-order chi connectivity index (χ1) is 9.94. The first kappa shape index (κ1) is 15.2. The number of nitrogens with one attached hydrogen (secondary N) is 1. The van der Waals surface area contributed by atoms with Crippen molar-refractivity contribution >= 4 is 21.6 Å². The van der Waals surface area contributed by atoms with Gasteiger partial charge in [-0.2, -0.15) is 0 Å². The highest BCUT2D eigenvalue weighted by atomic mass is 32.2. The van der Waals surface area contributed by atoms with Crippen molar-refractivity contribution in [3.8, 4) is 0 Å². The Morgan fingerprint density at radius 3 is 2.81 bits per heavy atom. The van der Waals surface area contributed by atoms with Gasteiger partial charge in [0, 0.05) is 18.3 Å². The minimum absolute atomic E-state index is 0.0881. The molecule has 0 aliphatic carbocycles. The molecule has 4 N–H and O–H groups in total. The summed E-state index contributed by atoms with van der Waals surface area (Å²) < 4.78 is 23.3. The predicted molar refractivity (Wildman–Crippen MR) is 75.9 cm³/mol. The van der Waals surface area contributed by atoms with E-state index in [1.54, 1.807) is 0 Å². The summed E-state index contributed by atoms with van der Waals surface area (Å²) >= 11 is 0. The van der Waals surface area contributed by atoms with Gasteiger partial charge < -0.3 is 16.3 Å². The normalized spacial score (nSPS) is 21.1. The second-order valence-electron chi connectivity index (χ2n) is 4.76. The molecule has 0 aromatic carbocycles. The highest BCUT2D eigenvalue weighted by molar-refractivity contribution is 7.92. The fourth-order valence-corrected chi connectivity index (χ4v) is 3.89. The minimum Gasteiger partial charge on any atom is -0.409 e. The van der Waals surface area contributed by atoms with Crippen LogP contribution in [0.15, 0.2) is 23.5 Å². The van der Waals surface area contributed by atoms with E-state index in [9.17, 15) is 13.2 Å². The van der Waals surface area contributed by atoms with E-state index >= 15 is 0 Å². The third kappa shape index (κ3) is 3.48. The molecule has 1 unspecified atom stereocenters.